The zero-order valence-corrected chi connectivity index (χ0v) is 16.5. The molecule has 1 saturated heterocycles. The number of ether oxygens (including phenoxy) is 1. The highest BCUT2D eigenvalue weighted by molar-refractivity contribution is 5.80. The van der Waals surface area contributed by atoms with Gasteiger partial charge in [-0.25, -0.2) is 14.0 Å². The first-order valence-electron chi connectivity index (χ1n) is 9.86. The number of aliphatic hydroxyl groups is 1. The number of rotatable bonds is 7. The number of piperidine rings is 1. The molecule has 1 amide bonds. The molecule has 8 heteroatoms. The van der Waals surface area contributed by atoms with Gasteiger partial charge in [0.15, 0.2) is 0 Å². The molecular formula is C22H25FN2O5. The van der Waals surface area contributed by atoms with Gasteiger partial charge in [-0.2, -0.15) is 0 Å². The highest BCUT2D eigenvalue weighted by Gasteiger charge is 2.32. The van der Waals surface area contributed by atoms with Crippen LogP contribution in [0.5, 0.6) is 0 Å². The Labute approximate surface area is 174 Å². The van der Waals surface area contributed by atoms with Crippen LogP contribution in [0.4, 0.5) is 14.9 Å². The van der Waals surface area contributed by atoms with Crippen LogP contribution in [0.3, 0.4) is 0 Å². The predicted octanol–water partition coefficient (Wildman–Crippen LogP) is 3.37. The molecule has 1 aliphatic heterocycles. The van der Waals surface area contributed by atoms with E-state index < -0.39 is 24.3 Å². The summed E-state index contributed by atoms with van der Waals surface area (Å²) in [6.07, 6.45) is 0.831. The summed E-state index contributed by atoms with van der Waals surface area (Å²) < 4.78 is 18.2. The second-order valence-corrected chi connectivity index (χ2v) is 7.29. The molecule has 2 aromatic rings. The molecule has 7 nitrogen and oxygen atoms in total. The monoisotopic (exact) mass is 416 g/mol. The molecule has 2 aromatic carbocycles. The molecule has 30 heavy (non-hydrogen) atoms. The number of likely N-dealkylation sites (tertiary alicyclic amines) is 1. The molecule has 2 atom stereocenters. The Morgan fingerprint density at radius 3 is 2.43 bits per heavy atom. The van der Waals surface area contributed by atoms with E-state index in [1.807, 2.05) is 0 Å². The van der Waals surface area contributed by atoms with E-state index in [9.17, 15) is 24.2 Å². The first-order valence-corrected chi connectivity index (χ1v) is 9.86. The Kier molecular flexibility index (Phi) is 7.24. The van der Waals surface area contributed by atoms with Crippen LogP contribution in [0.15, 0.2) is 48.5 Å². The molecule has 0 aliphatic carbocycles. The van der Waals surface area contributed by atoms with Gasteiger partial charge in [0.25, 0.3) is 0 Å². The van der Waals surface area contributed by atoms with Crippen molar-refractivity contribution < 1.29 is 28.9 Å². The maximum Gasteiger partial charge on any atom is 0.410 e. The van der Waals surface area contributed by atoms with Crippen molar-refractivity contribution in [3.05, 3.63) is 65.5 Å². The van der Waals surface area contributed by atoms with Crippen LogP contribution < -0.4 is 5.32 Å². The summed E-state index contributed by atoms with van der Waals surface area (Å²) in [5.41, 5.74) is 2.23. The molecular weight excluding hydrogens is 391 g/mol. The SMILES string of the molecule is O=C(O)[C@@H]1CCCCN1C(=O)OCc1ccc(NC(O)Cc2ccc(F)cc2)cc1. The number of halogens is 1. The second-order valence-electron chi connectivity index (χ2n) is 7.29. The first kappa shape index (κ1) is 21.6. The van der Waals surface area contributed by atoms with Crippen molar-refractivity contribution in [2.24, 2.45) is 0 Å². The fraction of sp³-hybridized carbons (Fsp3) is 0.364. The Bertz CT molecular complexity index is 857. The van der Waals surface area contributed by atoms with Crippen molar-refractivity contribution in [3.63, 3.8) is 0 Å². The molecule has 0 bridgehead atoms. The summed E-state index contributed by atoms with van der Waals surface area (Å²) >= 11 is 0. The number of carbonyl (C=O) groups is 2. The van der Waals surface area contributed by atoms with Crippen molar-refractivity contribution in [2.45, 2.75) is 44.6 Å². The standard InChI is InChI=1S/C22H25FN2O5/c23-17-8-4-15(5-9-17)13-20(26)24-18-10-6-16(7-11-18)14-30-22(29)25-12-2-1-3-19(25)21(27)28/h4-11,19-20,24,26H,1-3,12-14H2,(H,27,28)/t19-,20?/m0/s1. The zero-order chi connectivity index (χ0) is 21.5. The van der Waals surface area contributed by atoms with Crippen LogP contribution in [0, 0.1) is 5.82 Å². The van der Waals surface area contributed by atoms with Gasteiger partial charge in [0, 0.05) is 18.7 Å². The molecule has 160 valence electrons. The number of carboxylic acids is 1. The maximum atomic E-state index is 12.9. The largest absolute Gasteiger partial charge is 0.480 e. The van der Waals surface area contributed by atoms with Gasteiger partial charge < -0.3 is 20.3 Å². The number of aliphatic hydroxyl groups excluding tert-OH is 1. The van der Waals surface area contributed by atoms with E-state index in [1.165, 1.54) is 17.0 Å². The second kappa shape index (κ2) is 10.1. The van der Waals surface area contributed by atoms with Gasteiger partial charge in [-0.1, -0.05) is 24.3 Å². The van der Waals surface area contributed by atoms with Crippen molar-refractivity contribution in [1.82, 2.24) is 4.90 Å². The number of nitrogens with zero attached hydrogens (tertiary/aromatic N) is 1. The summed E-state index contributed by atoms with van der Waals surface area (Å²) in [5.74, 6) is -1.34. The third-order valence-corrected chi connectivity index (χ3v) is 5.01. The van der Waals surface area contributed by atoms with Gasteiger partial charge in [0.1, 0.15) is 24.7 Å². The molecule has 1 fully saturated rings. The average Bonchev–Trinajstić information content (AvgIpc) is 2.74. The van der Waals surface area contributed by atoms with Crippen LogP contribution in [0.25, 0.3) is 0 Å². The number of aliphatic carboxylic acids is 1. The lowest BCUT2D eigenvalue weighted by Gasteiger charge is -2.31. The molecule has 0 aromatic heterocycles. The van der Waals surface area contributed by atoms with Gasteiger partial charge in [-0.15, -0.1) is 0 Å². The van der Waals surface area contributed by atoms with Gasteiger partial charge in [0.2, 0.25) is 0 Å². The van der Waals surface area contributed by atoms with E-state index in [1.54, 1.807) is 36.4 Å². The van der Waals surface area contributed by atoms with Gasteiger partial charge in [-0.05, 0) is 54.7 Å². The summed E-state index contributed by atoms with van der Waals surface area (Å²) in [5, 5.41) is 22.4. The highest BCUT2D eigenvalue weighted by atomic mass is 19.1. The van der Waals surface area contributed by atoms with Crippen LogP contribution in [0.2, 0.25) is 0 Å². The number of anilines is 1. The van der Waals surface area contributed by atoms with E-state index in [0.29, 0.717) is 25.1 Å². The Hall–Kier alpha value is -3.13. The molecule has 0 radical (unpaired) electrons. The fourth-order valence-corrected chi connectivity index (χ4v) is 3.42. The summed E-state index contributed by atoms with van der Waals surface area (Å²) in [6, 6.07) is 12.1. The van der Waals surface area contributed by atoms with Crippen molar-refractivity contribution >= 4 is 17.7 Å². The quantitative estimate of drug-likeness (QED) is 0.599. The lowest BCUT2D eigenvalue weighted by atomic mass is 10.0. The number of carboxylic acid groups (broad SMARTS) is 1. The number of amides is 1. The van der Waals surface area contributed by atoms with E-state index in [4.69, 9.17) is 4.74 Å². The molecule has 1 aliphatic rings. The third-order valence-electron chi connectivity index (χ3n) is 5.01. The lowest BCUT2D eigenvalue weighted by Crippen LogP contribution is -2.48. The number of benzene rings is 2. The Balaban J connectivity index is 1.48. The van der Waals surface area contributed by atoms with Crippen molar-refractivity contribution in [2.75, 3.05) is 11.9 Å². The number of carbonyl (C=O) groups excluding carboxylic acids is 1. The van der Waals surface area contributed by atoms with Gasteiger partial charge in [-0.3, -0.25) is 4.90 Å². The minimum absolute atomic E-state index is 0.0279. The first-order chi connectivity index (χ1) is 14.4. The highest BCUT2D eigenvalue weighted by Crippen LogP contribution is 2.19. The number of hydrogen-bond donors (Lipinski definition) is 3. The van der Waals surface area contributed by atoms with Crippen LogP contribution in [0.1, 0.15) is 30.4 Å². The van der Waals surface area contributed by atoms with Crippen LogP contribution in [-0.4, -0.2) is 46.0 Å². The Morgan fingerprint density at radius 2 is 1.77 bits per heavy atom. The average molecular weight is 416 g/mol. The van der Waals surface area contributed by atoms with Crippen LogP contribution in [-0.2, 0) is 22.6 Å². The summed E-state index contributed by atoms with van der Waals surface area (Å²) in [6.45, 7) is 0.407. The molecule has 0 spiro atoms. The normalized spacial score (nSPS) is 17.3. The van der Waals surface area contributed by atoms with Gasteiger partial charge in [0.05, 0.1) is 0 Å². The van der Waals surface area contributed by atoms with Gasteiger partial charge >= 0.3 is 12.1 Å². The predicted molar refractivity (Wildman–Crippen MR) is 108 cm³/mol. The minimum Gasteiger partial charge on any atom is -0.480 e. The van der Waals surface area contributed by atoms with E-state index in [0.717, 1.165) is 24.0 Å². The maximum absolute atomic E-state index is 12.9. The minimum atomic E-state index is -1.01. The molecule has 1 heterocycles. The summed E-state index contributed by atoms with van der Waals surface area (Å²) in [7, 11) is 0. The Morgan fingerprint density at radius 1 is 1.10 bits per heavy atom. The van der Waals surface area contributed by atoms with E-state index in [2.05, 4.69) is 5.32 Å². The summed E-state index contributed by atoms with van der Waals surface area (Å²) in [4.78, 5) is 24.8. The van der Waals surface area contributed by atoms with E-state index >= 15 is 0 Å². The molecule has 1 unspecified atom stereocenters. The smallest absolute Gasteiger partial charge is 0.410 e. The molecule has 3 rings (SSSR count). The van der Waals surface area contributed by atoms with Crippen molar-refractivity contribution in [1.29, 1.82) is 0 Å². The topological polar surface area (TPSA) is 99.1 Å². The fourth-order valence-electron chi connectivity index (χ4n) is 3.42. The van der Waals surface area contributed by atoms with E-state index in [-0.39, 0.29) is 12.4 Å². The van der Waals surface area contributed by atoms with Crippen LogP contribution >= 0.6 is 0 Å². The zero-order valence-electron chi connectivity index (χ0n) is 16.5. The number of hydrogen-bond acceptors (Lipinski definition) is 5. The molecule has 0 saturated carbocycles. The molecule has 3 N–H and O–H groups in total. The number of nitrogens with one attached hydrogen (secondary N) is 1. The lowest BCUT2D eigenvalue weighted by molar-refractivity contribution is -0.143. The van der Waals surface area contributed by atoms with Crippen molar-refractivity contribution in [3.8, 4) is 0 Å². The third kappa shape index (κ3) is 5.93.